The SMILES string of the molecule is CCOc1ccc(-n2ccc([C@@H]3OCCN3Cc3cccc(C)c3)c2)cc1. The Morgan fingerprint density at radius 3 is 2.74 bits per heavy atom. The van der Waals surface area contributed by atoms with Gasteiger partial charge < -0.3 is 14.0 Å². The van der Waals surface area contributed by atoms with Gasteiger partial charge in [0, 0.05) is 36.7 Å². The highest BCUT2D eigenvalue weighted by Crippen LogP contribution is 2.29. The molecule has 3 aromatic rings. The maximum atomic E-state index is 6.05. The molecular formula is C23H26N2O2. The number of hydrogen-bond acceptors (Lipinski definition) is 3. The third kappa shape index (κ3) is 4.07. The number of ether oxygens (including phenoxy) is 2. The Kier molecular flexibility index (Phi) is 5.28. The average Bonchev–Trinajstić information content (AvgIpc) is 3.32. The van der Waals surface area contributed by atoms with Crippen LogP contribution in [0.4, 0.5) is 0 Å². The molecule has 0 saturated carbocycles. The molecule has 0 amide bonds. The van der Waals surface area contributed by atoms with Crippen molar-refractivity contribution < 1.29 is 9.47 Å². The van der Waals surface area contributed by atoms with E-state index in [1.54, 1.807) is 0 Å². The fraction of sp³-hybridized carbons (Fsp3) is 0.304. The first kappa shape index (κ1) is 17.8. The molecule has 0 bridgehead atoms. The predicted octanol–water partition coefficient (Wildman–Crippen LogP) is 4.72. The zero-order valence-electron chi connectivity index (χ0n) is 16.0. The van der Waals surface area contributed by atoms with Gasteiger partial charge in [-0.15, -0.1) is 0 Å². The minimum Gasteiger partial charge on any atom is -0.494 e. The molecule has 1 aromatic heterocycles. The summed E-state index contributed by atoms with van der Waals surface area (Å²) < 4.78 is 13.7. The van der Waals surface area contributed by atoms with E-state index in [2.05, 4.69) is 71.2 Å². The van der Waals surface area contributed by atoms with Crippen molar-refractivity contribution in [3.05, 3.63) is 83.7 Å². The molecule has 1 saturated heterocycles. The van der Waals surface area contributed by atoms with Crippen molar-refractivity contribution in [2.75, 3.05) is 19.8 Å². The number of hydrogen-bond donors (Lipinski definition) is 0. The standard InChI is InChI=1S/C23H26N2O2/c1-3-26-22-9-7-21(8-10-22)24-12-11-20(17-24)23-25(13-14-27-23)16-19-6-4-5-18(2)15-19/h4-12,15,17,23H,3,13-14,16H2,1-2H3/t23-/m0/s1. The molecule has 0 unspecified atom stereocenters. The number of rotatable bonds is 6. The van der Waals surface area contributed by atoms with E-state index in [1.807, 2.05) is 19.1 Å². The maximum Gasteiger partial charge on any atom is 0.138 e. The molecular weight excluding hydrogens is 336 g/mol. The maximum absolute atomic E-state index is 6.05. The number of benzene rings is 2. The molecule has 27 heavy (non-hydrogen) atoms. The van der Waals surface area contributed by atoms with Crippen LogP contribution in [0.2, 0.25) is 0 Å². The summed E-state index contributed by atoms with van der Waals surface area (Å²) in [5.41, 5.74) is 4.93. The molecule has 140 valence electrons. The van der Waals surface area contributed by atoms with Crippen LogP contribution in [0.5, 0.6) is 5.75 Å². The van der Waals surface area contributed by atoms with E-state index in [4.69, 9.17) is 9.47 Å². The molecule has 0 N–H and O–H groups in total. The van der Waals surface area contributed by atoms with Crippen molar-refractivity contribution in [2.45, 2.75) is 26.6 Å². The van der Waals surface area contributed by atoms with Crippen molar-refractivity contribution in [1.29, 1.82) is 0 Å². The van der Waals surface area contributed by atoms with Gasteiger partial charge in [0.2, 0.25) is 0 Å². The summed E-state index contributed by atoms with van der Waals surface area (Å²) in [6.07, 6.45) is 4.27. The van der Waals surface area contributed by atoms with E-state index < -0.39 is 0 Å². The molecule has 4 nitrogen and oxygen atoms in total. The highest BCUT2D eigenvalue weighted by atomic mass is 16.5. The van der Waals surface area contributed by atoms with Crippen LogP contribution in [0.15, 0.2) is 67.0 Å². The van der Waals surface area contributed by atoms with Crippen LogP contribution in [0.3, 0.4) is 0 Å². The molecule has 0 radical (unpaired) electrons. The van der Waals surface area contributed by atoms with Crippen LogP contribution in [0.1, 0.15) is 29.8 Å². The lowest BCUT2D eigenvalue weighted by atomic mass is 10.1. The lowest BCUT2D eigenvalue weighted by Gasteiger charge is -2.22. The second kappa shape index (κ2) is 7.99. The van der Waals surface area contributed by atoms with Gasteiger partial charge in [0.15, 0.2) is 0 Å². The minimum atomic E-state index is 0.00876. The van der Waals surface area contributed by atoms with Gasteiger partial charge >= 0.3 is 0 Å². The van der Waals surface area contributed by atoms with Gasteiger partial charge in [-0.3, -0.25) is 4.90 Å². The Labute approximate surface area is 161 Å². The number of aryl methyl sites for hydroxylation is 1. The van der Waals surface area contributed by atoms with Crippen LogP contribution in [-0.4, -0.2) is 29.2 Å². The first-order valence-corrected chi connectivity index (χ1v) is 9.55. The zero-order chi connectivity index (χ0) is 18.6. The lowest BCUT2D eigenvalue weighted by molar-refractivity contribution is 0.0288. The molecule has 4 rings (SSSR count). The molecule has 1 atom stereocenters. The Hall–Kier alpha value is -2.56. The molecule has 0 spiro atoms. The molecule has 0 aliphatic carbocycles. The lowest BCUT2D eigenvalue weighted by Crippen LogP contribution is -2.23. The molecule has 4 heteroatoms. The van der Waals surface area contributed by atoms with E-state index >= 15 is 0 Å². The summed E-state index contributed by atoms with van der Waals surface area (Å²) in [4.78, 5) is 2.40. The fourth-order valence-electron chi connectivity index (χ4n) is 3.62. The Balaban J connectivity index is 1.49. The van der Waals surface area contributed by atoms with Crippen LogP contribution < -0.4 is 4.74 Å². The van der Waals surface area contributed by atoms with E-state index in [1.165, 1.54) is 16.7 Å². The van der Waals surface area contributed by atoms with E-state index in [9.17, 15) is 0 Å². The highest BCUT2D eigenvalue weighted by Gasteiger charge is 2.27. The topological polar surface area (TPSA) is 26.6 Å². The number of aromatic nitrogens is 1. The van der Waals surface area contributed by atoms with E-state index in [0.29, 0.717) is 6.61 Å². The normalized spacial score (nSPS) is 17.3. The van der Waals surface area contributed by atoms with Gasteiger partial charge in [-0.25, -0.2) is 0 Å². The highest BCUT2D eigenvalue weighted by molar-refractivity contribution is 5.39. The van der Waals surface area contributed by atoms with Gasteiger partial charge in [-0.2, -0.15) is 0 Å². The zero-order valence-corrected chi connectivity index (χ0v) is 16.0. The monoisotopic (exact) mass is 362 g/mol. The largest absolute Gasteiger partial charge is 0.494 e. The first-order valence-electron chi connectivity index (χ1n) is 9.55. The van der Waals surface area contributed by atoms with Gasteiger partial charge in [-0.05, 0) is 49.7 Å². The minimum absolute atomic E-state index is 0.00876. The second-order valence-electron chi connectivity index (χ2n) is 6.96. The first-order chi connectivity index (χ1) is 13.2. The summed E-state index contributed by atoms with van der Waals surface area (Å²) >= 11 is 0. The van der Waals surface area contributed by atoms with Crippen molar-refractivity contribution in [3.63, 3.8) is 0 Å². The predicted molar refractivity (Wildman–Crippen MR) is 107 cm³/mol. The van der Waals surface area contributed by atoms with Gasteiger partial charge in [0.25, 0.3) is 0 Å². The molecule has 1 aliphatic heterocycles. The van der Waals surface area contributed by atoms with Gasteiger partial charge in [0.05, 0.1) is 13.2 Å². The molecule has 1 fully saturated rings. The third-order valence-electron chi connectivity index (χ3n) is 4.90. The second-order valence-corrected chi connectivity index (χ2v) is 6.96. The van der Waals surface area contributed by atoms with Gasteiger partial charge in [0.1, 0.15) is 12.0 Å². The quantitative estimate of drug-likeness (QED) is 0.635. The van der Waals surface area contributed by atoms with Gasteiger partial charge in [-0.1, -0.05) is 29.8 Å². The van der Waals surface area contributed by atoms with Crippen molar-refractivity contribution >= 4 is 0 Å². The Bertz CT molecular complexity index is 885. The summed E-state index contributed by atoms with van der Waals surface area (Å²) in [5.74, 6) is 0.900. The smallest absolute Gasteiger partial charge is 0.138 e. The summed E-state index contributed by atoms with van der Waals surface area (Å²) in [6.45, 7) is 7.44. The Morgan fingerprint density at radius 1 is 1.11 bits per heavy atom. The summed E-state index contributed by atoms with van der Waals surface area (Å²) in [7, 11) is 0. The summed E-state index contributed by atoms with van der Waals surface area (Å²) in [5, 5.41) is 0. The molecule has 1 aliphatic rings. The van der Waals surface area contributed by atoms with Crippen molar-refractivity contribution in [1.82, 2.24) is 9.47 Å². The third-order valence-corrected chi connectivity index (χ3v) is 4.90. The average molecular weight is 362 g/mol. The summed E-state index contributed by atoms with van der Waals surface area (Å²) in [6, 6.07) is 19.0. The fourth-order valence-corrected chi connectivity index (χ4v) is 3.62. The van der Waals surface area contributed by atoms with Crippen LogP contribution in [-0.2, 0) is 11.3 Å². The van der Waals surface area contributed by atoms with Crippen molar-refractivity contribution in [3.8, 4) is 11.4 Å². The number of nitrogens with zero attached hydrogens (tertiary/aromatic N) is 2. The van der Waals surface area contributed by atoms with E-state index in [-0.39, 0.29) is 6.23 Å². The van der Waals surface area contributed by atoms with Crippen LogP contribution >= 0.6 is 0 Å². The van der Waals surface area contributed by atoms with Crippen LogP contribution in [0, 0.1) is 6.92 Å². The molecule has 2 heterocycles. The Morgan fingerprint density at radius 2 is 1.96 bits per heavy atom. The molecule has 2 aromatic carbocycles. The van der Waals surface area contributed by atoms with Crippen molar-refractivity contribution in [2.24, 2.45) is 0 Å². The van der Waals surface area contributed by atoms with E-state index in [0.717, 1.165) is 31.1 Å². The van der Waals surface area contributed by atoms with Crippen LogP contribution in [0.25, 0.3) is 5.69 Å².